The summed E-state index contributed by atoms with van der Waals surface area (Å²) in [4.78, 5) is 11.1. The number of hydrogen-bond donors (Lipinski definition) is 0. The molecule has 0 aliphatic heterocycles. The van der Waals surface area contributed by atoms with Gasteiger partial charge in [-0.1, -0.05) is 34.8 Å². The standard InChI is InChI=1S/C11H10N2O2S/c14-8-15-7-6-10-11(16-13-12-10)9-4-2-1-3-5-9/h1-5,8H,6-7H2. The van der Waals surface area contributed by atoms with Crippen LogP contribution in [0.1, 0.15) is 5.69 Å². The number of hydrogen-bond acceptors (Lipinski definition) is 5. The summed E-state index contributed by atoms with van der Waals surface area (Å²) in [5.74, 6) is 0. The Morgan fingerprint density at radius 3 is 2.88 bits per heavy atom. The third-order valence-electron chi connectivity index (χ3n) is 2.12. The molecule has 0 atom stereocenters. The Bertz CT molecular complexity index is 456. The molecule has 2 rings (SSSR count). The van der Waals surface area contributed by atoms with E-state index in [9.17, 15) is 4.79 Å². The number of benzene rings is 1. The molecule has 0 unspecified atom stereocenters. The van der Waals surface area contributed by atoms with E-state index in [-0.39, 0.29) is 0 Å². The van der Waals surface area contributed by atoms with Crippen molar-refractivity contribution in [2.75, 3.05) is 6.61 Å². The van der Waals surface area contributed by atoms with Crippen LogP contribution in [0.25, 0.3) is 10.4 Å². The van der Waals surface area contributed by atoms with Crippen molar-refractivity contribution >= 4 is 18.0 Å². The number of carbonyl (C=O) groups is 1. The smallest absolute Gasteiger partial charge is 0.293 e. The van der Waals surface area contributed by atoms with Crippen LogP contribution in [0.2, 0.25) is 0 Å². The van der Waals surface area contributed by atoms with Crippen LogP contribution in [0.3, 0.4) is 0 Å². The Balaban J connectivity index is 2.16. The lowest BCUT2D eigenvalue weighted by molar-refractivity contribution is -0.128. The first kappa shape index (κ1) is 10.8. The van der Waals surface area contributed by atoms with E-state index < -0.39 is 0 Å². The third kappa shape index (κ3) is 2.43. The maximum atomic E-state index is 10.0. The maximum absolute atomic E-state index is 10.0. The van der Waals surface area contributed by atoms with Crippen molar-refractivity contribution in [3.05, 3.63) is 36.0 Å². The summed E-state index contributed by atoms with van der Waals surface area (Å²) < 4.78 is 8.58. The molecule has 16 heavy (non-hydrogen) atoms. The van der Waals surface area contributed by atoms with Gasteiger partial charge in [-0.05, 0) is 17.1 Å². The number of aromatic nitrogens is 2. The molecular weight excluding hydrogens is 224 g/mol. The van der Waals surface area contributed by atoms with Crippen molar-refractivity contribution in [1.82, 2.24) is 9.59 Å². The van der Waals surface area contributed by atoms with Crippen LogP contribution in [0.4, 0.5) is 0 Å². The fraction of sp³-hybridized carbons (Fsp3) is 0.182. The molecule has 0 saturated heterocycles. The first-order valence-electron chi connectivity index (χ1n) is 4.83. The van der Waals surface area contributed by atoms with Gasteiger partial charge in [-0.3, -0.25) is 4.79 Å². The second-order valence-electron chi connectivity index (χ2n) is 3.13. The Labute approximate surface area is 97.0 Å². The van der Waals surface area contributed by atoms with Gasteiger partial charge >= 0.3 is 0 Å². The van der Waals surface area contributed by atoms with E-state index in [1.165, 1.54) is 11.5 Å². The minimum atomic E-state index is 0.342. The van der Waals surface area contributed by atoms with Crippen molar-refractivity contribution in [3.8, 4) is 10.4 Å². The molecule has 0 amide bonds. The van der Waals surface area contributed by atoms with E-state index in [0.717, 1.165) is 16.1 Å². The number of rotatable bonds is 5. The van der Waals surface area contributed by atoms with E-state index in [0.29, 0.717) is 19.5 Å². The highest BCUT2D eigenvalue weighted by Gasteiger charge is 2.09. The van der Waals surface area contributed by atoms with Gasteiger partial charge in [0.05, 0.1) is 17.2 Å². The van der Waals surface area contributed by atoms with E-state index in [1.54, 1.807) is 0 Å². The molecule has 82 valence electrons. The van der Waals surface area contributed by atoms with Gasteiger partial charge in [0.2, 0.25) is 0 Å². The van der Waals surface area contributed by atoms with Gasteiger partial charge in [-0.25, -0.2) is 0 Å². The molecule has 5 heteroatoms. The monoisotopic (exact) mass is 234 g/mol. The Morgan fingerprint density at radius 2 is 2.12 bits per heavy atom. The van der Waals surface area contributed by atoms with E-state index >= 15 is 0 Å². The van der Waals surface area contributed by atoms with Crippen LogP contribution >= 0.6 is 11.5 Å². The molecular formula is C11H10N2O2S. The third-order valence-corrected chi connectivity index (χ3v) is 2.93. The fourth-order valence-corrected chi connectivity index (χ4v) is 2.10. The minimum absolute atomic E-state index is 0.342. The highest BCUT2D eigenvalue weighted by Crippen LogP contribution is 2.25. The SMILES string of the molecule is O=COCCc1nnsc1-c1ccccc1. The zero-order chi connectivity index (χ0) is 11.2. The number of carbonyl (C=O) groups excluding carboxylic acids is 1. The maximum Gasteiger partial charge on any atom is 0.293 e. The van der Waals surface area contributed by atoms with Crippen LogP contribution in [-0.2, 0) is 16.0 Å². The zero-order valence-electron chi connectivity index (χ0n) is 8.50. The van der Waals surface area contributed by atoms with E-state index in [4.69, 9.17) is 0 Å². The Morgan fingerprint density at radius 1 is 1.31 bits per heavy atom. The minimum Gasteiger partial charge on any atom is -0.467 e. The summed E-state index contributed by atoms with van der Waals surface area (Å²) in [5, 5.41) is 4.04. The lowest BCUT2D eigenvalue weighted by atomic mass is 10.1. The molecule has 1 aromatic heterocycles. The highest BCUT2D eigenvalue weighted by atomic mass is 32.1. The number of nitrogens with zero attached hydrogens (tertiary/aromatic N) is 2. The van der Waals surface area contributed by atoms with Crippen molar-refractivity contribution in [3.63, 3.8) is 0 Å². The normalized spacial score (nSPS) is 10.0. The van der Waals surface area contributed by atoms with Gasteiger partial charge in [-0.2, -0.15) is 0 Å². The second kappa shape index (κ2) is 5.37. The lowest BCUT2D eigenvalue weighted by Gasteiger charge is -2.00. The Kier molecular flexibility index (Phi) is 3.61. The van der Waals surface area contributed by atoms with Crippen LogP contribution in [0.15, 0.2) is 30.3 Å². The quantitative estimate of drug-likeness (QED) is 0.586. The summed E-state index contributed by atoms with van der Waals surface area (Å²) >= 11 is 1.36. The molecule has 0 saturated carbocycles. The van der Waals surface area contributed by atoms with Crippen LogP contribution in [0, 0.1) is 0 Å². The van der Waals surface area contributed by atoms with Crippen molar-refractivity contribution < 1.29 is 9.53 Å². The average Bonchev–Trinajstić information content (AvgIpc) is 2.79. The Hall–Kier alpha value is -1.75. The summed E-state index contributed by atoms with van der Waals surface area (Å²) in [7, 11) is 0. The predicted molar refractivity (Wildman–Crippen MR) is 61.1 cm³/mol. The molecule has 1 heterocycles. The summed E-state index contributed by atoms with van der Waals surface area (Å²) in [5.41, 5.74) is 1.97. The molecule has 0 radical (unpaired) electrons. The van der Waals surface area contributed by atoms with Gasteiger partial charge in [0.15, 0.2) is 0 Å². The van der Waals surface area contributed by atoms with Gasteiger partial charge in [0, 0.05) is 6.42 Å². The van der Waals surface area contributed by atoms with Crippen LogP contribution in [-0.4, -0.2) is 22.7 Å². The first-order valence-corrected chi connectivity index (χ1v) is 5.61. The molecule has 1 aromatic carbocycles. The molecule has 0 aliphatic rings. The van der Waals surface area contributed by atoms with Crippen molar-refractivity contribution in [2.24, 2.45) is 0 Å². The van der Waals surface area contributed by atoms with Crippen molar-refractivity contribution in [2.45, 2.75) is 6.42 Å². The highest BCUT2D eigenvalue weighted by molar-refractivity contribution is 7.09. The van der Waals surface area contributed by atoms with E-state index in [2.05, 4.69) is 14.3 Å². The second-order valence-corrected chi connectivity index (χ2v) is 3.89. The summed E-state index contributed by atoms with van der Waals surface area (Å²) in [6, 6.07) is 9.94. The van der Waals surface area contributed by atoms with Crippen LogP contribution in [0.5, 0.6) is 0 Å². The fourth-order valence-electron chi connectivity index (χ4n) is 1.38. The van der Waals surface area contributed by atoms with Crippen molar-refractivity contribution in [1.29, 1.82) is 0 Å². The van der Waals surface area contributed by atoms with Gasteiger partial charge in [0.25, 0.3) is 6.47 Å². The first-order chi connectivity index (χ1) is 7.92. The molecule has 0 bridgehead atoms. The summed E-state index contributed by atoms with van der Waals surface area (Å²) in [6.07, 6.45) is 0.597. The predicted octanol–water partition coefficient (Wildman–Crippen LogP) is 1.92. The van der Waals surface area contributed by atoms with Gasteiger partial charge in [0.1, 0.15) is 0 Å². The average molecular weight is 234 g/mol. The van der Waals surface area contributed by atoms with Gasteiger partial charge in [-0.15, -0.1) is 5.10 Å². The topological polar surface area (TPSA) is 52.1 Å². The molecule has 0 fully saturated rings. The van der Waals surface area contributed by atoms with E-state index in [1.807, 2.05) is 30.3 Å². The molecule has 0 spiro atoms. The van der Waals surface area contributed by atoms with Crippen LogP contribution < -0.4 is 0 Å². The molecule has 2 aromatic rings. The number of ether oxygens (including phenoxy) is 1. The lowest BCUT2D eigenvalue weighted by Crippen LogP contribution is -1.98. The largest absolute Gasteiger partial charge is 0.467 e. The molecule has 0 N–H and O–H groups in total. The molecule has 0 aliphatic carbocycles. The summed E-state index contributed by atoms with van der Waals surface area (Å²) in [6.45, 7) is 0.788. The zero-order valence-corrected chi connectivity index (χ0v) is 9.31. The van der Waals surface area contributed by atoms with Gasteiger partial charge < -0.3 is 4.74 Å². The molecule has 4 nitrogen and oxygen atoms in total.